The van der Waals surface area contributed by atoms with E-state index in [2.05, 4.69) is 0 Å². The standard InChI is InChI=1S/C13H15F4N.ClH/c14-10-7-3-6-9(11(10)13(15,16)17)12(18)8-4-1-2-5-8;/h3,6-8,12H,1-2,4-5,18H2;1H/t12-;/m0./s1. The zero-order chi connectivity index (χ0) is 13.3. The van der Waals surface area contributed by atoms with Gasteiger partial charge in [0, 0.05) is 6.04 Å². The molecule has 0 amide bonds. The number of halogens is 5. The summed E-state index contributed by atoms with van der Waals surface area (Å²) in [4.78, 5) is 0. The van der Waals surface area contributed by atoms with Gasteiger partial charge >= 0.3 is 6.18 Å². The third kappa shape index (κ3) is 3.39. The Morgan fingerprint density at radius 1 is 1.16 bits per heavy atom. The molecule has 19 heavy (non-hydrogen) atoms. The van der Waals surface area contributed by atoms with E-state index < -0.39 is 23.6 Å². The molecule has 1 nitrogen and oxygen atoms in total. The average Bonchev–Trinajstić information content (AvgIpc) is 2.79. The van der Waals surface area contributed by atoms with Crippen molar-refractivity contribution in [2.45, 2.75) is 37.9 Å². The Labute approximate surface area is 115 Å². The smallest absolute Gasteiger partial charge is 0.324 e. The Bertz CT molecular complexity index is 427. The molecule has 108 valence electrons. The van der Waals surface area contributed by atoms with Gasteiger partial charge < -0.3 is 5.73 Å². The predicted molar refractivity (Wildman–Crippen MR) is 67.5 cm³/mol. The van der Waals surface area contributed by atoms with E-state index in [0.29, 0.717) is 0 Å². The first-order chi connectivity index (χ1) is 8.41. The molecule has 0 heterocycles. The number of nitrogens with two attached hydrogens (primary N) is 1. The van der Waals surface area contributed by atoms with Gasteiger partial charge in [-0.25, -0.2) is 4.39 Å². The lowest BCUT2D eigenvalue weighted by Crippen LogP contribution is -2.24. The van der Waals surface area contributed by atoms with Crippen LogP contribution in [-0.4, -0.2) is 0 Å². The van der Waals surface area contributed by atoms with Gasteiger partial charge in [-0.2, -0.15) is 13.2 Å². The predicted octanol–water partition coefficient (Wildman–Crippen LogP) is 4.46. The summed E-state index contributed by atoms with van der Waals surface area (Å²) in [5.74, 6) is -1.22. The molecule has 0 bridgehead atoms. The molecule has 6 heteroatoms. The molecule has 0 unspecified atom stereocenters. The van der Waals surface area contributed by atoms with Gasteiger partial charge in [0.1, 0.15) is 5.82 Å². The van der Waals surface area contributed by atoms with Crippen molar-refractivity contribution in [3.8, 4) is 0 Å². The van der Waals surface area contributed by atoms with E-state index in [1.54, 1.807) is 0 Å². The van der Waals surface area contributed by atoms with Crippen molar-refractivity contribution in [3.63, 3.8) is 0 Å². The average molecular weight is 298 g/mol. The maximum Gasteiger partial charge on any atom is 0.419 e. The monoisotopic (exact) mass is 297 g/mol. The molecule has 0 spiro atoms. The first-order valence-electron chi connectivity index (χ1n) is 6.02. The molecule has 1 aliphatic carbocycles. The molecule has 0 aromatic heterocycles. The topological polar surface area (TPSA) is 26.0 Å². The zero-order valence-electron chi connectivity index (χ0n) is 10.2. The number of hydrogen-bond donors (Lipinski definition) is 1. The highest BCUT2D eigenvalue weighted by Gasteiger charge is 2.39. The Kier molecular flexibility index (Phi) is 5.21. The van der Waals surface area contributed by atoms with Gasteiger partial charge in [-0.05, 0) is 30.4 Å². The summed E-state index contributed by atoms with van der Waals surface area (Å²) in [5, 5.41) is 0. The number of hydrogen-bond acceptors (Lipinski definition) is 1. The van der Waals surface area contributed by atoms with Crippen LogP contribution in [0.5, 0.6) is 0 Å². The van der Waals surface area contributed by atoms with Gasteiger partial charge in [-0.15, -0.1) is 12.4 Å². The van der Waals surface area contributed by atoms with Gasteiger partial charge in [0.25, 0.3) is 0 Å². The zero-order valence-corrected chi connectivity index (χ0v) is 11.0. The van der Waals surface area contributed by atoms with E-state index in [4.69, 9.17) is 5.73 Å². The van der Waals surface area contributed by atoms with Crippen LogP contribution >= 0.6 is 12.4 Å². The summed E-state index contributed by atoms with van der Waals surface area (Å²) in [6.07, 6.45) is -1.11. The Hall–Kier alpha value is -0.810. The minimum atomic E-state index is -4.70. The van der Waals surface area contributed by atoms with Gasteiger partial charge in [-0.3, -0.25) is 0 Å². The van der Waals surface area contributed by atoms with Crippen LogP contribution in [0.2, 0.25) is 0 Å². The summed E-state index contributed by atoms with van der Waals surface area (Å²) in [6, 6.07) is 2.66. The van der Waals surface area contributed by atoms with E-state index in [-0.39, 0.29) is 23.9 Å². The van der Waals surface area contributed by atoms with Gasteiger partial charge in [0.05, 0.1) is 5.56 Å². The Morgan fingerprint density at radius 3 is 2.26 bits per heavy atom. The van der Waals surface area contributed by atoms with Crippen LogP contribution in [0.3, 0.4) is 0 Å². The minimum absolute atomic E-state index is 0. The summed E-state index contributed by atoms with van der Waals surface area (Å²) in [7, 11) is 0. The van der Waals surface area contributed by atoms with Crippen molar-refractivity contribution >= 4 is 12.4 Å². The van der Waals surface area contributed by atoms with Crippen molar-refractivity contribution in [1.82, 2.24) is 0 Å². The minimum Gasteiger partial charge on any atom is -0.324 e. The molecule has 1 fully saturated rings. The van der Waals surface area contributed by atoms with Gasteiger partial charge in [0.2, 0.25) is 0 Å². The second-order valence-electron chi connectivity index (χ2n) is 4.77. The molecule has 1 aromatic carbocycles. The summed E-state index contributed by atoms with van der Waals surface area (Å²) in [6.45, 7) is 0. The van der Waals surface area contributed by atoms with Crippen LogP contribution in [0.15, 0.2) is 18.2 Å². The first-order valence-corrected chi connectivity index (χ1v) is 6.02. The highest BCUT2D eigenvalue weighted by atomic mass is 35.5. The lowest BCUT2D eigenvalue weighted by molar-refractivity contribution is -0.140. The molecule has 0 radical (unpaired) electrons. The van der Waals surface area contributed by atoms with Crippen LogP contribution in [0.4, 0.5) is 17.6 Å². The van der Waals surface area contributed by atoms with Gasteiger partial charge in [0.15, 0.2) is 0 Å². The number of alkyl halides is 3. The van der Waals surface area contributed by atoms with Crippen LogP contribution in [0, 0.1) is 11.7 Å². The molecular weight excluding hydrogens is 282 g/mol. The SMILES string of the molecule is Cl.N[C@H](c1cccc(F)c1C(F)(F)F)C1CCCC1. The maximum absolute atomic E-state index is 13.4. The Morgan fingerprint density at radius 2 is 1.74 bits per heavy atom. The highest BCUT2D eigenvalue weighted by molar-refractivity contribution is 5.85. The second-order valence-corrected chi connectivity index (χ2v) is 4.77. The summed E-state index contributed by atoms with van der Waals surface area (Å²) in [5.41, 5.74) is 4.58. The number of benzene rings is 1. The fraction of sp³-hybridized carbons (Fsp3) is 0.538. The second kappa shape index (κ2) is 6.09. The molecule has 0 aliphatic heterocycles. The van der Waals surface area contributed by atoms with E-state index in [9.17, 15) is 17.6 Å². The maximum atomic E-state index is 13.4. The highest BCUT2D eigenvalue weighted by Crippen LogP contribution is 2.41. The first kappa shape index (κ1) is 16.2. The Balaban J connectivity index is 0.00000180. The van der Waals surface area contributed by atoms with Crippen LogP contribution in [0.1, 0.15) is 42.9 Å². The van der Waals surface area contributed by atoms with E-state index >= 15 is 0 Å². The normalized spacial score (nSPS) is 18.2. The van der Waals surface area contributed by atoms with Crippen molar-refractivity contribution in [3.05, 3.63) is 35.1 Å². The largest absolute Gasteiger partial charge is 0.419 e. The fourth-order valence-electron chi connectivity index (χ4n) is 2.69. The van der Waals surface area contributed by atoms with Crippen molar-refractivity contribution in [1.29, 1.82) is 0 Å². The lowest BCUT2D eigenvalue weighted by atomic mass is 9.89. The molecule has 2 N–H and O–H groups in total. The quantitative estimate of drug-likeness (QED) is 0.802. The van der Waals surface area contributed by atoms with Crippen LogP contribution in [0.25, 0.3) is 0 Å². The molecule has 1 aliphatic rings. The molecule has 1 aromatic rings. The molecular formula is C13H16ClF4N. The van der Waals surface area contributed by atoms with Crippen LogP contribution < -0.4 is 5.73 Å². The third-order valence-corrected chi connectivity index (χ3v) is 3.60. The van der Waals surface area contributed by atoms with Crippen molar-refractivity contribution < 1.29 is 17.6 Å². The van der Waals surface area contributed by atoms with E-state index in [1.165, 1.54) is 12.1 Å². The van der Waals surface area contributed by atoms with E-state index in [0.717, 1.165) is 31.7 Å². The third-order valence-electron chi connectivity index (χ3n) is 3.60. The summed E-state index contributed by atoms with van der Waals surface area (Å²) >= 11 is 0. The van der Waals surface area contributed by atoms with E-state index in [1.807, 2.05) is 0 Å². The summed E-state index contributed by atoms with van der Waals surface area (Å²) < 4.78 is 52.0. The molecule has 2 rings (SSSR count). The molecule has 0 saturated heterocycles. The number of rotatable bonds is 2. The molecule has 1 saturated carbocycles. The van der Waals surface area contributed by atoms with Crippen LogP contribution in [-0.2, 0) is 6.18 Å². The lowest BCUT2D eigenvalue weighted by Gasteiger charge is -2.23. The fourth-order valence-corrected chi connectivity index (χ4v) is 2.69. The molecule has 1 atom stereocenters. The van der Waals surface area contributed by atoms with Crippen molar-refractivity contribution in [2.75, 3.05) is 0 Å². The van der Waals surface area contributed by atoms with Gasteiger partial charge in [-0.1, -0.05) is 25.0 Å². The van der Waals surface area contributed by atoms with Crippen molar-refractivity contribution in [2.24, 2.45) is 11.7 Å².